The fourth-order valence-corrected chi connectivity index (χ4v) is 7.22. The van der Waals surface area contributed by atoms with E-state index in [2.05, 4.69) is 0 Å². The van der Waals surface area contributed by atoms with Gasteiger partial charge in [-0.2, -0.15) is 24.1 Å². The van der Waals surface area contributed by atoms with Gasteiger partial charge < -0.3 is 0 Å². The number of thiol groups is 1. The van der Waals surface area contributed by atoms with E-state index in [0.29, 0.717) is 20.2 Å². The first-order valence-electron chi connectivity index (χ1n) is 9.25. The maximum Gasteiger partial charge on any atom is 0.416 e. The van der Waals surface area contributed by atoms with E-state index >= 15 is 0 Å². The molecule has 0 aromatic heterocycles. The SMILES string of the molecule is Cc1cc([SH](c2cccc(S(C)(=O)=O)c2)c2cccc(S(C)(=O)=O)c2)cc(C(F)(F)F)c1. The summed E-state index contributed by atoms with van der Waals surface area (Å²) in [7, 11) is -8.80. The molecule has 0 N–H and O–H groups in total. The highest BCUT2D eigenvalue weighted by Crippen LogP contribution is 2.53. The van der Waals surface area contributed by atoms with E-state index in [0.717, 1.165) is 24.6 Å². The average molecular weight is 503 g/mol. The maximum atomic E-state index is 13.5. The minimum atomic E-state index is -4.56. The summed E-state index contributed by atoms with van der Waals surface area (Å²) in [5.41, 5.74) is -0.431. The van der Waals surface area contributed by atoms with Crippen LogP contribution < -0.4 is 0 Å². The summed E-state index contributed by atoms with van der Waals surface area (Å²) in [6.07, 6.45) is -2.47. The van der Waals surface area contributed by atoms with Crippen molar-refractivity contribution in [3.05, 3.63) is 77.9 Å². The van der Waals surface area contributed by atoms with Crippen LogP contribution in [0.1, 0.15) is 11.1 Å². The van der Waals surface area contributed by atoms with Gasteiger partial charge in [0.05, 0.1) is 15.4 Å². The third-order valence-electron chi connectivity index (χ3n) is 4.66. The van der Waals surface area contributed by atoms with Gasteiger partial charge in [0.15, 0.2) is 19.7 Å². The molecule has 172 valence electrons. The van der Waals surface area contributed by atoms with Gasteiger partial charge >= 0.3 is 6.18 Å². The van der Waals surface area contributed by atoms with E-state index in [1.807, 2.05) is 0 Å². The Morgan fingerprint density at radius 1 is 0.688 bits per heavy atom. The maximum absolute atomic E-state index is 13.5. The highest BCUT2D eigenvalue weighted by atomic mass is 32.2. The van der Waals surface area contributed by atoms with Gasteiger partial charge in [0.25, 0.3) is 0 Å². The predicted octanol–water partition coefficient (Wildman–Crippen LogP) is 5.30. The van der Waals surface area contributed by atoms with Crippen LogP contribution in [0, 0.1) is 6.92 Å². The van der Waals surface area contributed by atoms with Gasteiger partial charge in [-0.1, -0.05) is 12.1 Å². The van der Waals surface area contributed by atoms with Gasteiger partial charge in [0, 0.05) is 12.5 Å². The van der Waals surface area contributed by atoms with Gasteiger partial charge in [-0.15, -0.1) is 0 Å². The number of sulfone groups is 2. The summed E-state index contributed by atoms with van der Waals surface area (Å²) in [6, 6.07) is 15.7. The molecule has 3 rings (SSSR count). The molecule has 0 radical (unpaired) electrons. The van der Waals surface area contributed by atoms with Gasteiger partial charge in [0.2, 0.25) is 0 Å². The van der Waals surface area contributed by atoms with E-state index < -0.39 is 42.3 Å². The minimum Gasteiger partial charge on any atom is -0.224 e. The van der Waals surface area contributed by atoms with Crippen LogP contribution in [0.4, 0.5) is 13.2 Å². The summed E-state index contributed by atoms with van der Waals surface area (Å²) in [4.78, 5) is 1.39. The lowest BCUT2D eigenvalue weighted by Gasteiger charge is -2.25. The Kier molecular flexibility index (Phi) is 6.52. The number of alkyl halides is 3. The molecule has 32 heavy (non-hydrogen) atoms. The molecule has 0 aliphatic carbocycles. The van der Waals surface area contributed by atoms with E-state index in [-0.39, 0.29) is 9.79 Å². The van der Waals surface area contributed by atoms with E-state index in [9.17, 15) is 30.0 Å². The van der Waals surface area contributed by atoms with Crippen LogP contribution >= 0.6 is 10.9 Å². The van der Waals surface area contributed by atoms with E-state index in [1.54, 1.807) is 25.1 Å². The Bertz CT molecular complexity index is 1300. The molecular weight excluding hydrogens is 481 g/mol. The molecule has 3 aromatic carbocycles. The summed E-state index contributed by atoms with van der Waals surface area (Å²) < 4.78 is 88.9. The number of halogens is 3. The number of hydrogen-bond acceptors (Lipinski definition) is 4. The Labute approximate surface area is 188 Å². The highest BCUT2D eigenvalue weighted by molar-refractivity contribution is 8.17. The summed E-state index contributed by atoms with van der Waals surface area (Å²) >= 11 is 0. The van der Waals surface area contributed by atoms with Crippen molar-refractivity contribution in [2.45, 2.75) is 37.6 Å². The predicted molar refractivity (Wildman–Crippen MR) is 119 cm³/mol. The quantitative estimate of drug-likeness (QED) is 0.481. The number of rotatable bonds is 5. The molecule has 4 nitrogen and oxygen atoms in total. The fraction of sp³-hybridized carbons (Fsp3) is 0.182. The van der Waals surface area contributed by atoms with Crippen LogP contribution in [0.5, 0.6) is 0 Å². The van der Waals surface area contributed by atoms with Crippen molar-refractivity contribution in [1.29, 1.82) is 0 Å². The molecule has 10 heteroatoms. The van der Waals surface area contributed by atoms with Crippen LogP contribution in [0.15, 0.2) is 91.2 Å². The fourth-order valence-electron chi connectivity index (χ4n) is 3.21. The summed E-state index contributed by atoms with van der Waals surface area (Å²) in [6.45, 7) is 1.55. The normalized spacial score (nSPS) is 13.1. The van der Waals surface area contributed by atoms with E-state index in [4.69, 9.17) is 0 Å². The number of benzene rings is 3. The second-order valence-corrected chi connectivity index (χ2v) is 13.7. The number of hydrogen-bond donors (Lipinski definition) is 1. The van der Waals surface area contributed by atoms with Gasteiger partial charge in [-0.05, 0) is 81.8 Å². The third kappa shape index (κ3) is 5.54. The van der Waals surface area contributed by atoms with Crippen molar-refractivity contribution in [3.8, 4) is 0 Å². The molecule has 0 aliphatic rings. The van der Waals surface area contributed by atoms with Crippen molar-refractivity contribution in [1.82, 2.24) is 0 Å². The lowest BCUT2D eigenvalue weighted by Crippen LogP contribution is -2.06. The van der Waals surface area contributed by atoms with Gasteiger partial charge in [0.1, 0.15) is 0 Å². The zero-order chi connectivity index (χ0) is 23.9. The molecule has 0 saturated carbocycles. The zero-order valence-corrected chi connectivity index (χ0v) is 19.9. The Morgan fingerprint density at radius 2 is 1.16 bits per heavy atom. The number of aryl methyl sites for hydroxylation is 1. The van der Waals surface area contributed by atoms with Gasteiger partial charge in [-0.25, -0.2) is 16.8 Å². The molecule has 0 bridgehead atoms. The summed E-state index contributed by atoms with van der Waals surface area (Å²) in [5, 5.41) is 0. The van der Waals surface area contributed by atoms with Crippen LogP contribution in [0.2, 0.25) is 0 Å². The van der Waals surface area contributed by atoms with Crippen LogP contribution in [-0.2, 0) is 25.9 Å². The Morgan fingerprint density at radius 3 is 1.56 bits per heavy atom. The lowest BCUT2D eigenvalue weighted by molar-refractivity contribution is -0.137. The Hall–Kier alpha value is -2.30. The third-order valence-corrected chi connectivity index (χ3v) is 9.24. The minimum absolute atomic E-state index is 0.0328. The van der Waals surface area contributed by atoms with Gasteiger partial charge in [-0.3, -0.25) is 0 Å². The van der Waals surface area contributed by atoms with Crippen molar-refractivity contribution in [3.63, 3.8) is 0 Å². The highest BCUT2D eigenvalue weighted by Gasteiger charge is 2.31. The first kappa shape index (κ1) is 24.3. The largest absolute Gasteiger partial charge is 0.416 e. The van der Waals surface area contributed by atoms with Crippen LogP contribution in [0.25, 0.3) is 0 Å². The zero-order valence-electron chi connectivity index (χ0n) is 17.4. The topological polar surface area (TPSA) is 68.3 Å². The lowest BCUT2D eigenvalue weighted by atomic mass is 10.1. The second-order valence-electron chi connectivity index (χ2n) is 7.43. The molecule has 0 heterocycles. The Balaban J connectivity index is 2.33. The molecule has 3 aromatic rings. The molecular formula is C22H21F3O4S3. The van der Waals surface area contributed by atoms with Crippen molar-refractivity contribution < 1.29 is 30.0 Å². The van der Waals surface area contributed by atoms with Crippen LogP contribution in [0.3, 0.4) is 0 Å². The molecule has 0 saturated heterocycles. The van der Waals surface area contributed by atoms with Crippen molar-refractivity contribution >= 4 is 30.6 Å². The molecule has 0 aliphatic heterocycles. The summed E-state index contributed by atoms with van der Waals surface area (Å²) in [5.74, 6) is 0. The first-order chi connectivity index (χ1) is 14.7. The molecule has 0 fully saturated rings. The standard InChI is InChI=1S/C22H21F3O4S3/c1-15-10-16(22(23,24)25)12-19(11-15)30(17-6-4-8-20(13-17)31(2,26)27)18-7-5-9-21(14-18)32(3,28)29/h4-14,30H,1-3H3. The molecule has 0 unspecified atom stereocenters. The average Bonchev–Trinajstić information content (AvgIpc) is 2.66. The smallest absolute Gasteiger partial charge is 0.224 e. The monoisotopic (exact) mass is 502 g/mol. The van der Waals surface area contributed by atoms with E-state index in [1.165, 1.54) is 36.4 Å². The molecule has 0 amide bonds. The van der Waals surface area contributed by atoms with Crippen molar-refractivity contribution in [2.24, 2.45) is 0 Å². The molecule has 0 atom stereocenters. The van der Waals surface area contributed by atoms with Crippen LogP contribution in [-0.4, -0.2) is 29.3 Å². The first-order valence-corrected chi connectivity index (χ1v) is 14.4. The van der Waals surface area contributed by atoms with Crippen molar-refractivity contribution in [2.75, 3.05) is 12.5 Å². The second kappa shape index (κ2) is 8.57. The molecule has 0 spiro atoms.